The predicted octanol–water partition coefficient (Wildman–Crippen LogP) is 2.98. The number of hydrogen-bond acceptors (Lipinski definition) is 3. The van der Waals surface area contributed by atoms with Crippen LogP contribution < -0.4 is 10.9 Å². The second-order valence-corrected chi connectivity index (χ2v) is 6.43. The van der Waals surface area contributed by atoms with E-state index in [1.165, 1.54) is 12.5 Å². The number of aliphatic hydroxyl groups is 1. The maximum atomic E-state index is 11.8. The van der Waals surface area contributed by atoms with E-state index in [-0.39, 0.29) is 5.41 Å². The fourth-order valence-corrected chi connectivity index (χ4v) is 1.92. The first-order valence-corrected chi connectivity index (χ1v) is 7.06. The van der Waals surface area contributed by atoms with E-state index in [1.54, 1.807) is 0 Å². The number of nitrogens with one attached hydrogen (secondary N) is 2. The number of carbonyl (C=O) groups is 1. The van der Waals surface area contributed by atoms with Gasteiger partial charge < -0.3 is 5.11 Å². The number of benzene rings is 1. The Morgan fingerprint density at radius 3 is 2.15 bits per heavy atom. The number of amides is 1. The van der Waals surface area contributed by atoms with Crippen LogP contribution in [0.2, 0.25) is 0 Å². The normalized spacial score (nSPS) is 14.5. The quantitative estimate of drug-likeness (QED) is 0.726. The van der Waals surface area contributed by atoms with Crippen molar-refractivity contribution in [1.29, 1.82) is 0 Å². The van der Waals surface area contributed by atoms with Gasteiger partial charge in [0.15, 0.2) is 0 Å². The molecular formula is C16H26N2O2. The van der Waals surface area contributed by atoms with Crippen LogP contribution in [-0.2, 0) is 10.2 Å². The number of anilines is 1. The Hall–Kier alpha value is -1.55. The Morgan fingerprint density at radius 2 is 1.70 bits per heavy atom. The molecule has 0 aliphatic heterocycles. The molecule has 1 aromatic rings. The van der Waals surface area contributed by atoms with Crippen molar-refractivity contribution in [3.63, 3.8) is 0 Å². The Kier molecular flexibility index (Phi) is 5.17. The largest absolute Gasteiger partial charge is 0.380 e. The summed E-state index contributed by atoms with van der Waals surface area (Å²) in [5.41, 5.74) is 6.15. The smallest absolute Gasteiger partial charge is 0.269 e. The molecule has 112 valence electrons. The van der Waals surface area contributed by atoms with E-state index in [9.17, 15) is 9.90 Å². The van der Waals surface area contributed by atoms with Gasteiger partial charge >= 0.3 is 0 Å². The molecule has 4 nitrogen and oxygen atoms in total. The summed E-state index contributed by atoms with van der Waals surface area (Å²) < 4.78 is 0. The highest BCUT2D eigenvalue weighted by Crippen LogP contribution is 2.23. The second kappa shape index (κ2) is 6.27. The molecule has 1 atom stereocenters. The first-order chi connectivity index (χ1) is 9.16. The molecule has 0 saturated carbocycles. The molecule has 1 amide bonds. The summed E-state index contributed by atoms with van der Waals surface area (Å²) in [6, 6.07) is 7.88. The molecule has 20 heavy (non-hydrogen) atoms. The van der Waals surface area contributed by atoms with Gasteiger partial charge in [0.25, 0.3) is 5.91 Å². The van der Waals surface area contributed by atoms with Gasteiger partial charge in [0.2, 0.25) is 0 Å². The molecule has 0 aromatic heterocycles. The van der Waals surface area contributed by atoms with Crippen LogP contribution in [0.15, 0.2) is 24.3 Å². The van der Waals surface area contributed by atoms with Gasteiger partial charge in [-0.2, -0.15) is 0 Å². The summed E-state index contributed by atoms with van der Waals surface area (Å²) in [5.74, 6) is -0.417. The summed E-state index contributed by atoms with van der Waals surface area (Å²) in [6.07, 6.45) is 1.18. The Bertz CT molecular complexity index is 445. The van der Waals surface area contributed by atoms with Crippen molar-refractivity contribution in [3.05, 3.63) is 29.8 Å². The van der Waals surface area contributed by atoms with Crippen LogP contribution in [0.3, 0.4) is 0 Å². The molecule has 4 heteroatoms. The Balaban J connectivity index is 2.61. The van der Waals surface area contributed by atoms with Gasteiger partial charge in [0.1, 0.15) is 5.60 Å². The van der Waals surface area contributed by atoms with Crippen molar-refractivity contribution in [1.82, 2.24) is 5.43 Å². The van der Waals surface area contributed by atoms with Crippen molar-refractivity contribution in [2.24, 2.45) is 0 Å². The Labute approximate surface area is 121 Å². The third-order valence-electron chi connectivity index (χ3n) is 3.30. The van der Waals surface area contributed by atoms with E-state index < -0.39 is 11.5 Å². The van der Waals surface area contributed by atoms with E-state index in [0.717, 1.165) is 12.1 Å². The van der Waals surface area contributed by atoms with E-state index in [0.29, 0.717) is 6.42 Å². The molecule has 0 aliphatic carbocycles. The maximum absolute atomic E-state index is 11.8. The summed E-state index contributed by atoms with van der Waals surface area (Å²) >= 11 is 0. The fraction of sp³-hybridized carbons (Fsp3) is 0.562. The van der Waals surface area contributed by atoms with E-state index in [2.05, 4.69) is 31.6 Å². The van der Waals surface area contributed by atoms with E-state index in [1.807, 2.05) is 31.2 Å². The minimum absolute atomic E-state index is 0.104. The summed E-state index contributed by atoms with van der Waals surface area (Å²) in [5, 5.41) is 9.96. The van der Waals surface area contributed by atoms with E-state index >= 15 is 0 Å². The lowest BCUT2D eigenvalue weighted by molar-refractivity contribution is -0.138. The number of hydrazine groups is 1. The van der Waals surface area contributed by atoms with Gasteiger partial charge in [-0.1, -0.05) is 46.2 Å². The third kappa shape index (κ3) is 4.53. The first kappa shape index (κ1) is 16.5. The van der Waals surface area contributed by atoms with Crippen LogP contribution in [0.5, 0.6) is 0 Å². The van der Waals surface area contributed by atoms with Crippen LogP contribution in [0.4, 0.5) is 5.69 Å². The lowest BCUT2D eigenvalue weighted by Crippen LogP contribution is -2.46. The lowest BCUT2D eigenvalue weighted by atomic mass is 9.87. The van der Waals surface area contributed by atoms with Crippen molar-refractivity contribution < 1.29 is 9.90 Å². The second-order valence-electron chi connectivity index (χ2n) is 6.43. The van der Waals surface area contributed by atoms with Crippen LogP contribution >= 0.6 is 0 Å². The topological polar surface area (TPSA) is 61.4 Å². The van der Waals surface area contributed by atoms with Gasteiger partial charge in [-0.25, -0.2) is 0 Å². The zero-order valence-electron chi connectivity index (χ0n) is 13.1. The molecule has 1 rings (SSSR count). The third-order valence-corrected chi connectivity index (χ3v) is 3.30. The van der Waals surface area contributed by atoms with Gasteiger partial charge in [0.05, 0.1) is 5.69 Å². The molecule has 0 spiro atoms. The SMILES string of the molecule is CCCC(C)(O)C(=O)NNc1ccc(C(C)(C)C)cc1. The number of hydrogen-bond donors (Lipinski definition) is 3. The highest BCUT2D eigenvalue weighted by molar-refractivity contribution is 5.85. The molecule has 0 bridgehead atoms. The average molecular weight is 278 g/mol. The van der Waals surface area contributed by atoms with Crippen LogP contribution in [-0.4, -0.2) is 16.6 Å². The molecule has 1 aromatic carbocycles. The molecule has 1 unspecified atom stereocenters. The molecule has 0 heterocycles. The molecule has 0 fully saturated rings. The van der Waals surface area contributed by atoms with Crippen molar-refractivity contribution in [2.45, 2.75) is 58.5 Å². The zero-order valence-corrected chi connectivity index (χ0v) is 13.1. The fourth-order valence-electron chi connectivity index (χ4n) is 1.92. The number of rotatable bonds is 5. The summed E-state index contributed by atoms with van der Waals surface area (Å²) in [6.45, 7) is 9.91. The van der Waals surface area contributed by atoms with Gasteiger partial charge in [-0.15, -0.1) is 0 Å². The molecule has 0 saturated heterocycles. The van der Waals surface area contributed by atoms with Crippen LogP contribution in [0.25, 0.3) is 0 Å². The minimum Gasteiger partial charge on any atom is -0.380 e. The number of carbonyl (C=O) groups excluding carboxylic acids is 1. The summed E-state index contributed by atoms with van der Waals surface area (Å²) in [4.78, 5) is 11.8. The lowest BCUT2D eigenvalue weighted by Gasteiger charge is -2.22. The molecule has 3 N–H and O–H groups in total. The molecular weight excluding hydrogens is 252 g/mol. The first-order valence-electron chi connectivity index (χ1n) is 7.06. The highest BCUT2D eigenvalue weighted by atomic mass is 16.3. The average Bonchev–Trinajstić information content (AvgIpc) is 2.35. The predicted molar refractivity (Wildman–Crippen MR) is 82.4 cm³/mol. The maximum Gasteiger partial charge on any atom is 0.269 e. The monoisotopic (exact) mass is 278 g/mol. The zero-order chi connectivity index (χ0) is 15.4. The van der Waals surface area contributed by atoms with Crippen molar-refractivity contribution >= 4 is 11.6 Å². The van der Waals surface area contributed by atoms with Gasteiger partial charge in [-0.3, -0.25) is 15.6 Å². The Morgan fingerprint density at radius 1 is 1.15 bits per heavy atom. The standard InChI is InChI=1S/C16H26N2O2/c1-6-11-16(5,20)14(19)18-17-13-9-7-12(8-10-13)15(2,3)4/h7-10,17,20H,6,11H2,1-5H3,(H,18,19). The van der Waals surface area contributed by atoms with Crippen LogP contribution in [0.1, 0.15) is 53.0 Å². The summed E-state index contributed by atoms with van der Waals surface area (Å²) in [7, 11) is 0. The highest BCUT2D eigenvalue weighted by Gasteiger charge is 2.28. The minimum atomic E-state index is -1.34. The van der Waals surface area contributed by atoms with Crippen molar-refractivity contribution in [2.75, 3.05) is 5.43 Å². The van der Waals surface area contributed by atoms with E-state index in [4.69, 9.17) is 0 Å². The van der Waals surface area contributed by atoms with Crippen molar-refractivity contribution in [3.8, 4) is 0 Å². The van der Waals surface area contributed by atoms with Crippen LogP contribution in [0, 0.1) is 0 Å². The van der Waals surface area contributed by atoms with Gasteiger partial charge in [0, 0.05) is 0 Å². The van der Waals surface area contributed by atoms with Gasteiger partial charge in [-0.05, 0) is 36.5 Å². The molecule has 0 radical (unpaired) electrons. The molecule has 0 aliphatic rings.